The minimum Gasteiger partial charge on any atom is -0.335 e. The number of hydrogen-bond donors (Lipinski definition) is 1. The van der Waals surface area contributed by atoms with Crippen LogP contribution in [0, 0.1) is 0 Å². The van der Waals surface area contributed by atoms with E-state index in [-0.39, 0.29) is 17.9 Å². The molecule has 21 heavy (non-hydrogen) atoms. The highest BCUT2D eigenvalue weighted by Crippen LogP contribution is 2.35. The van der Waals surface area contributed by atoms with Crippen molar-refractivity contribution in [3.05, 3.63) is 58.3 Å². The Hall–Kier alpha value is -1.65. The lowest BCUT2D eigenvalue weighted by atomic mass is 9.97. The van der Waals surface area contributed by atoms with Crippen LogP contribution < -0.4 is 5.73 Å². The summed E-state index contributed by atoms with van der Waals surface area (Å²) >= 11 is 1.69. The molecule has 1 fully saturated rings. The molecule has 1 saturated heterocycles. The summed E-state index contributed by atoms with van der Waals surface area (Å²) in [7, 11) is 0. The van der Waals surface area contributed by atoms with Crippen molar-refractivity contribution in [3.63, 3.8) is 0 Å². The summed E-state index contributed by atoms with van der Waals surface area (Å²) in [6.45, 7) is 1.19. The smallest absolute Gasteiger partial charge is 0.231 e. The van der Waals surface area contributed by atoms with E-state index in [1.165, 1.54) is 5.56 Å². The first kappa shape index (κ1) is 14.3. The molecule has 1 aromatic heterocycles. The summed E-state index contributed by atoms with van der Waals surface area (Å²) in [6, 6.07) is 12.2. The van der Waals surface area contributed by atoms with Crippen molar-refractivity contribution in [2.45, 2.75) is 24.8 Å². The molecule has 4 heteroatoms. The van der Waals surface area contributed by atoms with Crippen LogP contribution in [0.1, 0.15) is 35.9 Å². The van der Waals surface area contributed by atoms with Crippen LogP contribution >= 0.6 is 11.3 Å². The van der Waals surface area contributed by atoms with Crippen molar-refractivity contribution >= 4 is 17.2 Å². The van der Waals surface area contributed by atoms with Crippen molar-refractivity contribution in [1.82, 2.24) is 4.90 Å². The second kappa shape index (κ2) is 6.41. The van der Waals surface area contributed by atoms with E-state index in [0.29, 0.717) is 6.54 Å². The highest BCUT2D eigenvalue weighted by molar-refractivity contribution is 7.07. The molecule has 0 radical (unpaired) electrons. The number of thiophene rings is 1. The van der Waals surface area contributed by atoms with Gasteiger partial charge in [0.2, 0.25) is 5.91 Å². The van der Waals surface area contributed by atoms with E-state index in [9.17, 15) is 4.79 Å². The molecule has 0 aliphatic carbocycles. The Morgan fingerprint density at radius 1 is 1.33 bits per heavy atom. The minimum atomic E-state index is -0.231. The SMILES string of the molecule is NCC(C(=O)N1CCCC1c1ccsc1)c1ccccc1. The van der Waals surface area contributed by atoms with E-state index < -0.39 is 0 Å². The quantitative estimate of drug-likeness (QED) is 0.943. The van der Waals surface area contributed by atoms with E-state index in [2.05, 4.69) is 16.8 Å². The Kier molecular flexibility index (Phi) is 4.36. The zero-order valence-electron chi connectivity index (χ0n) is 11.9. The van der Waals surface area contributed by atoms with Crippen LogP contribution in [0.3, 0.4) is 0 Å². The number of carbonyl (C=O) groups is 1. The van der Waals surface area contributed by atoms with Gasteiger partial charge in [0, 0.05) is 13.1 Å². The molecular formula is C17H20N2OS. The molecule has 0 bridgehead atoms. The van der Waals surface area contributed by atoms with Gasteiger partial charge < -0.3 is 10.6 Å². The standard InChI is InChI=1S/C17H20N2OS/c18-11-15(13-5-2-1-3-6-13)17(20)19-9-4-7-16(19)14-8-10-21-12-14/h1-3,5-6,8,10,12,15-16H,4,7,9,11,18H2. The number of carbonyl (C=O) groups excluding carboxylic acids is 1. The summed E-state index contributed by atoms with van der Waals surface area (Å²) in [5.74, 6) is -0.0668. The lowest BCUT2D eigenvalue weighted by molar-refractivity contribution is -0.133. The number of nitrogens with zero attached hydrogens (tertiary/aromatic N) is 1. The third-order valence-electron chi connectivity index (χ3n) is 4.20. The fourth-order valence-corrected chi connectivity index (χ4v) is 3.81. The predicted octanol–water partition coefficient (Wildman–Crippen LogP) is 3.15. The third-order valence-corrected chi connectivity index (χ3v) is 4.90. The Balaban J connectivity index is 1.83. The van der Waals surface area contributed by atoms with Crippen LogP contribution in [0.2, 0.25) is 0 Å². The Morgan fingerprint density at radius 2 is 2.14 bits per heavy atom. The maximum Gasteiger partial charge on any atom is 0.231 e. The molecule has 1 aliphatic rings. The van der Waals surface area contributed by atoms with Crippen molar-refractivity contribution < 1.29 is 4.79 Å². The van der Waals surface area contributed by atoms with Crippen molar-refractivity contribution in [2.24, 2.45) is 5.73 Å². The predicted molar refractivity (Wildman–Crippen MR) is 86.2 cm³/mol. The summed E-state index contributed by atoms with van der Waals surface area (Å²) < 4.78 is 0. The molecule has 2 N–H and O–H groups in total. The van der Waals surface area contributed by atoms with Gasteiger partial charge in [0.05, 0.1) is 12.0 Å². The molecule has 2 unspecified atom stereocenters. The fraction of sp³-hybridized carbons (Fsp3) is 0.353. The molecule has 1 amide bonds. The Bertz CT molecular complexity index is 582. The molecule has 110 valence electrons. The first-order chi connectivity index (χ1) is 10.3. The van der Waals surface area contributed by atoms with Gasteiger partial charge >= 0.3 is 0 Å². The zero-order valence-corrected chi connectivity index (χ0v) is 12.8. The summed E-state index contributed by atoms with van der Waals surface area (Å²) in [5.41, 5.74) is 8.17. The lowest BCUT2D eigenvalue weighted by Gasteiger charge is -2.28. The van der Waals surface area contributed by atoms with E-state index in [4.69, 9.17) is 5.73 Å². The molecule has 0 spiro atoms. The highest BCUT2D eigenvalue weighted by Gasteiger charge is 2.34. The van der Waals surface area contributed by atoms with Crippen molar-refractivity contribution in [2.75, 3.05) is 13.1 Å². The third kappa shape index (κ3) is 2.87. The minimum absolute atomic E-state index is 0.164. The van der Waals surface area contributed by atoms with Gasteiger partial charge in [0.15, 0.2) is 0 Å². The maximum absolute atomic E-state index is 12.9. The Morgan fingerprint density at radius 3 is 2.81 bits per heavy atom. The maximum atomic E-state index is 12.9. The van der Waals surface area contributed by atoms with Crippen molar-refractivity contribution in [1.29, 1.82) is 0 Å². The van der Waals surface area contributed by atoms with Gasteiger partial charge in [-0.3, -0.25) is 4.79 Å². The first-order valence-corrected chi connectivity index (χ1v) is 8.33. The Labute approximate surface area is 129 Å². The zero-order chi connectivity index (χ0) is 14.7. The van der Waals surface area contributed by atoms with Gasteiger partial charge in [-0.15, -0.1) is 0 Å². The van der Waals surface area contributed by atoms with Gasteiger partial charge in [-0.2, -0.15) is 11.3 Å². The number of hydrogen-bond acceptors (Lipinski definition) is 3. The second-order valence-corrected chi connectivity index (χ2v) is 6.23. The van der Waals surface area contributed by atoms with Crippen LogP contribution in [-0.4, -0.2) is 23.9 Å². The average Bonchev–Trinajstić information content (AvgIpc) is 3.20. The van der Waals surface area contributed by atoms with Crippen LogP contribution in [0.25, 0.3) is 0 Å². The summed E-state index contributed by atoms with van der Waals surface area (Å²) in [6.07, 6.45) is 2.12. The number of benzene rings is 1. The monoisotopic (exact) mass is 300 g/mol. The van der Waals surface area contributed by atoms with Gasteiger partial charge in [0.25, 0.3) is 0 Å². The average molecular weight is 300 g/mol. The van der Waals surface area contributed by atoms with Crippen LogP contribution in [0.15, 0.2) is 47.2 Å². The molecule has 3 nitrogen and oxygen atoms in total. The topological polar surface area (TPSA) is 46.3 Å². The second-order valence-electron chi connectivity index (χ2n) is 5.45. The van der Waals surface area contributed by atoms with E-state index in [1.807, 2.05) is 35.2 Å². The number of likely N-dealkylation sites (tertiary alicyclic amines) is 1. The van der Waals surface area contributed by atoms with Gasteiger partial charge in [-0.1, -0.05) is 30.3 Å². The number of rotatable bonds is 4. The molecule has 1 aromatic carbocycles. The van der Waals surface area contributed by atoms with Gasteiger partial charge in [-0.05, 0) is 40.8 Å². The number of amides is 1. The van der Waals surface area contributed by atoms with E-state index in [1.54, 1.807) is 11.3 Å². The molecule has 0 saturated carbocycles. The molecule has 2 aromatic rings. The molecule has 2 heterocycles. The molecule has 3 rings (SSSR count). The molecule has 1 aliphatic heterocycles. The van der Waals surface area contributed by atoms with Crippen LogP contribution in [0.5, 0.6) is 0 Å². The van der Waals surface area contributed by atoms with E-state index >= 15 is 0 Å². The largest absolute Gasteiger partial charge is 0.335 e. The highest BCUT2D eigenvalue weighted by atomic mass is 32.1. The van der Waals surface area contributed by atoms with Crippen LogP contribution in [-0.2, 0) is 4.79 Å². The molecular weight excluding hydrogens is 280 g/mol. The fourth-order valence-electron chi connectivity index (χ4n) is 3.11. The van der Waals surface area contributed by atoms with Gasteiger partial charge in [-0.25, -0.2) is 0 Å². The lowest BCUT2D eigenvalue weighted by Crippen LogP contribution is -2.37. The van der Waals surface area contributed by atoms with Crippen molar-refractivity contribution in [3.8, 4) is 0 Å². The first-order valence-electron chi connectivity index (χ1n) is 7.39. The van der Waals surface area contributed by atoms with Gasteiger partial charge in [0.1, 0.15) is 0 Å². The molecule has 2 atom stereocenters. The van der Waals surface area contributed by atoms with E-state index in [0.717, 1.165) is 24.9 Å². The summed E-state index contributed by atoms with van der Waals surface area (Å²) in [5, 5.41) is 4.23. The summed E-state index contributed by atoms with van der Waals surface area (Å²) in [4.78, 5) is 15.0. The van der Waals surface area contributed by atoms with Crippen LogP contribution in [0.4, 0.5) is 0 Å². The number of nitrogens with two attached hydrogens (primary N) is 1. The normalized spacial score (nSPS) is 19.7.